The highest BCUT2D eigenvalue weighted by molar-refractivity contribution is 5.70. The van der Waals surface area contributed by atoms with E-state index in [-0.39, 0.29) is 11.9 Å². The fourth-order valence-corrected chi connectivity index (χ4v) is 2.21. The quantitative estimate of drug-likeness (QED) is 0.216. The Hall–Kier alpha value is -1.32. The van der Waals surface area contributed by atoms with Crippen LogP contribution in [0.15, 0.2) is 12.2 Å². The van der Waals surface area contributed by atoms with Gasteiger partial charge < -0.3 is 9.47 Å². The molecule has 0 aromatic rings. The molecule has 0 aliphatic heterocycles. The molecule has 0 heterocycles. The lowest BCUT2D eigenvalue weighted by Crippen LogP contribution is -2.07. The van der Waals surface area contributed by atoms with Crippen LogP contribution in [0.1, 0.15) is 90.9 Å². The summed E-state index contributed by atoms with van der Waals surface area (Å²) in [6.07, 6.45) is 15.1. The molecule has 0 rings (SSSR count). The first-order valence-corrected chi connectivity index (χ1v) is 9.66. The molecular weight excluding hydrogens is 304 g/mol. The van der Waals surface area contributed by atoms with Gasteiger partial charge in [-0.1, -0.05) is 51.7 Å². The maximum atomic E-state index is 11.5. The van der Waals surface area contributed by atoms with E-state index in [9.17, 15) is 9.59 Å². The predicted molar refractivity (Wildman–Crippen MR) is 97.8 cm³/mol. The summed E-state index contributed by atoms with van der Waals surface area (Å²) in [5.41, 5.74) is 0. The van der Waals surface area contributed by atoms with Crippen molar-refractivity contribution in [1.29, 1.82) is 0 Å². The van der Waals surface area contributed by atoms with E-state index < -0.39 is 0 Å². The molecule has 0 aromatic carbocycles. The van der Waals surface area contributed by atoms with Crippen molar-refractivity contribution in [3.8, 4) is 0 Å². The minimum absolute atomic E-state index is 0.160. The fourth-order valence-electron chi connectivity index (χ4n) is 2.21. The third-order valence-electron chi connectivity index (χ3n) is 3.71. The zero-order valence-corrected chi connectivity index (χ0v) is 15.7. The van der Waals surface area contributed by atoms with Crippen LogP contribution in [-0.2, 0) is 19.1 Å². The molecule has 0 N–H and O–H groups in total. The molecule has 4 nitrogen and oxygen atoms in total. The summed E-state index contributed by atoms with van der Waals surface area (Å²) >= 11 is 0. The minimum Gasteiger partial charge on any atom is -0.466 e. The summed E-state index contributed by atoms with van der Waals surface area (Å²) in [6, 6.07) is 0. The normalized spacial score (nSPS) is 10.9. The lowest BCUT2D eigenvalue weighted by atomic mass is 10.2. The van der Waals surface area contributed by atoms with Gasteiger partial charge in [0.25, 0.3) is 0 Å². The molecule has 0 atom stereocenters. The summed E-state index contributed by atoms with van der Waals surface area (Å²) < 4.78 is 10.3. The number of carbonyl (C=O) groups is 2. The summed E-state index contributed by atoms with van der Waals surface area (Å²) in [4.78, 5) is 23.0. The van der Waals surface area contributed by atoms with E-state index in [1.165, 1.54) is 19.3 Å². The minimum atomic E-state index is -0.175. The van der Waals surface area contributed by atoms with Crippen molar-refractivity contribution in [1.82, 2.24) is 0 Å². The van der Waals surface area contributed by atoms with E-state index in [0.29, 0.717) is 38.9 Å². The number of allylic oxidation sites excluding steroid dienone is 1. The van der Waals surface area contributed by atoms with Crippen LogP contribution >= 0.6 is 0 Å². The van der Waals surface area contributed by atoms with E-state index in [0.717, 1.165) is 32.1 Å². The van der Waals surface area contributed by atoms with Crippen LogP contribution in [0.3, 0.4) is 0 Å². The van der Waals surface area contributed by atoms with E-state index in [2.05, 4.69) is 26.0 Å². The molecule has 0 saturated heterocycles. The molecule has 0 unspecified atom stereocenters. The van der Waals surface area contributed by atoms with Gasteiger partial charge in [-0.3, -0.25) is 9.59 Å². The van der Waals surface area contributed by atoms with Gasteiger partial charge in [0.1, 0.15) is 0 Å². The molecule has 0 aromatic heterocycles. The van der Waals surface area contributed by atoms with Crippen molar-refractivity contribution in [2.75, 3.05) is 13.2 Å². The number of esters is 2. The highest BCUT2D eigenvalue weighted by Gasteiger charge is 2.05. The standard InChI is InChI=1S/C20H36O4/c1-3-5-7-8-9-10-14-18-24-20(22)16-12-11-15-19(21)23-17-13-6-4-2/h9-10H,3-8,11-18H2,1-2H3/b10-9-. The molecule has 0 radical (unpaired) electrons. The molecular formula is C20H36O4. The zero-order valence-electron chi connectivity index (χ0n) is 15.7. The van der Waals surface area contributed by atoms with Crippen molar-refractivity contribution in [3.63, 3.8) is 0 Å². The van der Waals surface area contributed by atoms with Gasteiger partial charge in [0.2, 0.25) is 0 Å². The number of unbranched alkanes of at least 4 members (excludes halogenated alkanes) is 6. The molecule has 0 bridgehead atoms. The average Bonchev–Trinajstić information content (AvgIpc) is 2.58. The van der Waals surface area contributed by atoms with Gasteiger partial charge in [-0.2, -0.15) is 0 Å². The highest BCUT2D eigenvalue weighted by Crippen LogP contribution is 2.05. The van der Waals surface area contributed by atoms with Crippen LogP contribution < -0.4 is 0 Å². The number of ether oxygens (including phenoxy) is 2. The predicted octanol–water partition coefficient (Wildman–Crippen LogP) is 5.35. The highest BCUT2D eigenvalue weighted by atomic mass is 16.5. The maximum absolute atomic E-state index is 11.5. The Labute approximate surface area is 148 Å². The second-order valence-electron chi connectivity index (χ2n) is 6.11. The Morgan fingerprint density at radius 2 is 1.21 bits per heavy atom. The van der Waals surface area contributed by atoms with E-state index in [4.69, 9.17) is 9.47 Å². The molecule has 140 valence electrons. The number of carbonyl (C=O) groups excluding carboxylic acids is 2. The van der Waals surface area contributed by atoms with E-state index in [1.807, 2.05) is 0 Å². The number of hydrogen-bond acceptors (Lipinski definition) is 4. The molecule has 4 heteroatoms. The molecule has 0 aliphatic rings. The van der Waals surface area contributed by atoms with E-state index >= 15 is 0 Å². The third kappa shape index (κ3) is 17.0. The van der Waals surface area contributed by atoms with Crippen molar-refractivity contribution in [3.05, 3.63) is 12.2 Å². The molecule has 0 fully saturated rings. The van der Waals surface area contributed by atoms with Crippen LogP contribution in [0, 0.1) is 0 Å². The molecule has 0 aliphatic carbocycles. The van der Waals surface area contributed by atoms with E-state index in [1.54, 1.807) is 0 Å². The van der Waals surface area contributed by atoms with Gasteiger partial charge >= 0.3 is 11.9 Å². The lowest BCUT2D eigenvalue weighted by Gasteiger charge is -2.05. The third-order valence-corrected chi connectivity index (χ3v) is 3.71. The monoisotopic (exact) mass is 340 g/mol. The van der Waals surface area contributed by atoms with Crippen LogP contribution in [0.25, 0.3) is 0 Å². The largest absolute Gasteiger partial charge is 0.466 e. The van der Waals surface area contributed by atoms with Crippen molar-refractivity contribution >= 4 is 11.9 Å². The maximum Gasteiger partial charge on any atom is 0.305 e. The summed E-state index contributed by atoms with van der Waals surface area (Å²) in [5.74, 6) is -0.335. The SMILES string of the molecule is CCCCC/C=C\CCOC(=O)CCCCC(=O)OCCCCC. The first kappa shape index (κ1) is 22.7. The smallest absolute Gasteiger partial charge is 0.305 e. The summed E-state index contributed by atoms with van der Waals surface area (Å²) in [6.45, 7) is 5.27. The summed E-state index contributed by atoms with van der Waals surface area (Å²) in [5, 5.41) is 0. The molecule has 0 spiro atoms. The van der Waals surface area contributed by atoms with Gasteiger partial charge in [0.15, 0.2) is 0 Å². The average molecular weight is 341 g/mol. The first-order chi connectivity index (χ1) is 11.7. The van der Waals surface area contributed by atoms with Crippen LogP contribution in [0.2, 0.25) is 0 Å². The Morgan fingerprint density at radius 1 is 0.667 bits per heavy atom. The van der Waals surface area contributed by atoms with Gasteiger partial charge in [0.05, 0.1) is 13.2 Å². The van der Waals surface area contributed by atoms with Gasteiger partial charge in [-0.25, -0.2) is 0 Å². The van der Waals surface area contributed by atoms with Crippen LogP contribution in [-0.4, -0.2) is 25.2 Å². The lowest BCUT2D eigenvalue weighted by molar-refractivity contribution is -0.145. The first-order valence-electron chi connectivity index (χ1n) is 9.66. The van der Waals surface area contributed by atoms with Crippen LogP contribution in [0.5, 0.6) is 0 Å². The zero-order chi connectivity index (χ0) is 17.9. The van der Waals surface area contributed by atoms with Crippen molar-refractivity contribution < 1.29 is 19.1 Å². The van der Waals surface area contributed by atoms with Crippen molar-refractivity contribution in [2.45, 2.75) is 90.9 Å². The van der Waals surface area contributed by atoms with Crippen molar-refractivity contribution in [2.24, 2.45) is 0 Å². The molecule has 0 amide bonds. The summed E-state index contributed by atoms with van der Waals surface area (Å²) in [7, 11) is 0. The topological polar surface area (TPSA) is 52.6 Å². The molecule has 0 saturated carbocycles. The second-order valence-corrected chi connectivity index (χ2v) is 6.11. The Bertz CT molecular complexity index is 337. The molecule has 24 heavy (non-hydrogen) atoms. The second kappa shape index (κ2) is 18.0. The Balaban J connectivity index is 3.38. The van der Waals surface area contributed by atoms with Crippen LogP contribution in [0.4, 0.5) is 0 Å². The Kier molecular flexibility index (Phi) is 17.0. The number of rotatable bonds is 16. The fraction of sp³-hybridized carbons (Fsp3) is 0.800. The number of hydrogen-bond donors (Lipinski definition) is 0. The van der Waals surface area contributed by atoms with Gasteiger partial charge in [0, 0.05) is 12.8 Å². The Morgan fingerprint density at radius 3 is 1.83 bits per heavy atom. The van der Waals surface area contributed by atoms with Gasteiger partial charge in [-0.15, -0.1) is 0 Å². The van der Waals surface area contributed by atoms with Gasteiger partial charge in [-0.05, 0) is 38.5 Å².